The first-order valence-corrected chi connectivity index (χ1v) is 7.42. The molecule has 0 atom stereocenters. The van der Waals surface area contributed by atoms with Crippen LogP contribution in [-0.2, 0) is 19.6 Å². The van der Waals surface area contributed by atoms with Crippen molar-refractivity contribution in [3.63, 3.8) is 0 Å². The number of aliphatic hydroxyl groups excluding tert-OH is 2. The second kappa shape index (κ2) is 9.98. The van der Waals surface area contributed by atoms with Gasteiger partial charge in [0.25, 0.3) is 10.1 Å². The molecule has 0 aliphatic heterocycles. The predicted molar refractivity (Wildman–Crippen MR) is 78.1 cm³/mol. The second-order valence-electron chi connectivity index (χ2n) is 3.94. The van der Waals surface area contributed by atoms with E-state index in [0.29, 0.717) is 0 Å². The summed E-state index contributed by atoms with van der Waals surface area (Å²) in [6, 6.07) is 2.64. The van der Waals surface area contributed by atoms with Gasteiger partial charge in [-0.2, -0.15) is 8.42 Å². The fourth-order valence-electron chi connectivity index (χ4n) is 1.43. The molecular formula is C12H15NaO9S. The van der Waals surface area contributed by atoms with Crippen molar-refractivity contribution >= 4 is 51.6 Å². The van der Waals surface area contributed by atoms with Gasteiger partial charge >= 0.3 is 41.5 Å². The number of carbonyl (C=O) groups is 2. The van der Waals surface area contributed by atoms with E-state index in [4.69, 9.17) is 14.8 Å². The Balaban J connectivity index is 0.00000484. The third-order valence-electron chi connectivity index (χ3n) is 2.32. The zero-order chi connectivity index (χ0) is 16.8. The van der Waals surface area contributed by atoms with Gasteiger partial charge in [0.05, 0.1) is 29.2 Å². The van der Waals surface area contributed by atoms with E-state index < -0.39 is 40.2 Å². The molecule has 0 radical (unpaired) electrons. The molecule has 1 aromatic rings. The van der Waals surface area contributed by atoms with Crippen molar-refractivity contribution in [1.29, 1.82) is 0 Å². The van der Waals surface area contributed by atoms with Gasteiger partial charge in [0.1, 0.15) is 13.2 Å². The van der Waals surface area contributed by atoms with Gasteiger partial charge in [-0.15, -0.1) is 0 Å². The molecule has 0 aromatic heterocycles. The molecule has 0 bridgehead atoms. The Labute approximate surface area is 154 Å². The van der Waals surface area contributed by atoms with Crippen LogP contribution in [0.25, 0.3) is 0 Å². The summed E-state index contributed by atoms with van der Waals surface area (Å²) in [5, 5.41) is 17.1. The third kappa shape index (κ3) is 6.96. The molecule has 9 nitrogen and oxygen atoms in total. The zero-order valence-corrected chi connectivity index (χ0v) is 12.1. The molecule has 11 heteroatoms. The molecule has 0 fully saturated rings. The fraction of sp³-hybridized carbons (Fsp3) is 0.333. The molecule has 3 N–H and O–H groups in total. The first-order chi connectivity index (χ1) is 10.3. The molecule has 0 heterocycles. The summed E-state index contributed by atoms with van der Waals surface area (Å²) in [7, 11) is -4.67. The van der Waals surface area contributed by atoms with Crippen molar-refractivity contribution in [3.05, 3.63) is 29.3 Å². The number of carbonyl (C=O) groups excluding carboxylic acids is 2. The molecule has 23 heavy (non-hydrogen) atoms. The van der Waals surface area contributed by atoms with E-state index in [1.165, 1.54) is 0 Å². The number of benzene rings is 1. The Morgan fingerprint density at radius 3 is 1.61 bits per heavy atom. The number of hydrogen-bond acceptors (Lipinski definition) is 8. The predicted octanol–water partition coefficient (Wildman–Crippen LogP) is -1.42. The Kier molecular flexibility index (Phi) is 9.54. The van der Waals surface area contributed by atoms with E-state index >= 15 is 0 Å². The van der Waals surface area contributed by atoms with Crippen molar-refractivity contribution in [1.82, 2.24) is 0 Å². The number of ether oxygens (including phenoxy) is 2. The summed E-state index contributed by atoms with van der Waals surface area (Å²) >= 11 is 0. The zero-order valence-electron chi connectivity index (χ0n) is 11.3. The molecular weight excluding hydrogens is 343 g/mol. The summed E-state index contributed by atoms with van der Waals surface area (Å²) < 4.78 is 40.6. The number of rotatable bonds is 7. The van der Waals surface area contributed by atoms with Crippen molar-refractivity contribution in [2.24, 2.45) is 0 Å². The van der Waals surface area contributed by atoms with E-state index in [0.717, 1.165) is 18.2 Å². The SMILES string of the molecule is O=C(OCCO)c1cc(C(=O)OCCO)cc(S(=O)(=O)O)c1.[NaH]. The van der Waals surface area contributed by atoms with Gasteiger partial charge in [-0.05, 0) is 18.2 Å². The topological polar surface area (TPSA) is 147 Å². The summed E-state index contributed by atoms with van der Waals surface area (Å²) in [5.74, 6) is -1.98. The quantitative estimate of drug-likeness (QED) is 0.303. The summed E-state index contributed by atoms with van der Waals surface area (Å²) in [6.07, 6.45) is 0. The Bertz CT molecular complexity index is 618. The second-order valence-corrected chi connectivity index (χ2v) is 5.36. The van der Waals surface area contributed by atoms with Crippen LogP contribution < -0.4 is 0 Å². The van der Waals surface area contributed by atoms with Crippen LogP contribution in [-0.4, -0.2) is 91.1 Å². The maximum absolute atomic E-state index is 11.7. The molecule has 0 aliphatic rings. The van der Waals surface area contributed by atoms with Crippen molar-refractivity contribution in [2.75, 3.05) is 26.4 Å². The van der Waals surface area contributed by atoms with Crippen molar-refractivity contribution in [2.45, 2.75) is 4.90 Å². The van der Waals surface area contributed by atoms with Gasteiger partial charge in [0.2, 0.25) is 0 Å². The van der Waals surface area contributed by atoms with Crippen molar-refractivity contribution in [3.8, 4) is 0 Å². The van der Waals surface area contributed by atoms with Crippen LogP contribution in [0.5, 0.6) is 0 Å². The molecule has 0 saturated carbocycles. The van der Waals surface area contributed by atoms with E-state index in [-0.39, 0.29) is 53.9 Å². The summed E-state index contributed by atoms with van der Waals surface area (Å²) in [4.78, 5) is 22.6. The molecule has 1 aromatic carbocycles. The average molecular weight is 358 g/mol. The molecule has 0 amide bonds. The van der Waals surface area contributed by atoms with E-state index in [1.54, 1.807) is 0 Å². The van der Waals surface area contributed by atoms with Gasteiger partial charge < -0.3 is 19.7 Å². The maximum atomic E-state index is 11.7. The normalized spacial score (nSPS) is 10.6. The molecule has 0 spiro atoms. The van der Waals surface area contributed by atoms with Gasteiger partial charge in [0.15, 0.2) is 0 Å². The Morgan fingerprint density at radius 1 is 0.913 bits per heavy atom. The van der Waals surface area contributed by atoms with Crippen LogP contribution in [0.2, 0.25) is 0 Å². The van der Waals surface area contributed by atoms with Gasteiger partial charge in [-0.3, -0.25) is 4.55 Å². The fourth-order valence-corrected chi connectivity index (χ4v) is 1.98. The van der Waals surface area contributed by atoms with Gasteiger partial charge in [-0.25, -0.2) is 9.59 Å². The molecule has 0 unspecified atom stereocenters. The first-order valence-electron chi connectivity index (χ1n) is 5.98. The molecule has 124 valence electrons. The molecule has 1 rings (SSSR count). The standard InChI is InChI=1S/C12H14O9S.Na.H/c13-1-3-20-11(15)8-5-9(12(16)21-4-2-14)7-10(6-8)22(17,18)19;;/h5-7,13-14H,1-4H2,(H,17,18,19);;. The number of esters is 2. The minimum absolute atomic E-state index is 0. The van der Waals surface area contributed by atoms with Crippen LogP contribution >= 0.6 is 0 Å². The Hall–Kier alpha value is -1.01. The van der Waals surface area contributed by atoms with Crippen LogP contribution in [0.15, 0.2) is 23.1 Å². The minimum atomic E-state index is -4.67. The average Bonchev–Trinajstić information content (AvgIpc) is 2.48. The summed E-state index contributed by atoms with van der Waals surface area (Å²) in [5.41, 5.74) is -0.640. The van der Waals surface area contributed by atoms with Crippen LogP contribution in [0, 0.1) is 0 Å². The molecule has 0 saturated heterocycles. The van der Waals surface area contributed by atoms with Gasteiger partial charge in [-0.1, -0.05) is 0 Å². The van der Waals surface area contributed by atoms with Crippen molar-refractivity contribution < 1.29 is 42.2 Å². The van der Waals surface area contributed by atoms with Gasteiger partial charge in [0, 0.05) is 0 Å². The number of hydrogen-bond donors (Lipinski definition) is 3. The number of aliphatic hydroxyl groups is 2. The molecule has 0 aliphatic carbocycles. The summed E-state index contributed by atoms with van der Waals surface area (Å²) in [6.45, 7) is -1.51. The van der Waals surface area contributed by atoms with E-state index in [1.807, 2.05) is 0 Å². The van der Waals surface area contributed by atoms with Crippen LogP contribution in [0.4, 0.5) is 0 Å². The Morgan fingerprint density at radius 2 is 1.30 bits per heavy atom. The van der Waals surface area contributed by atoms with Crippen LogP contribution in [0.3, 0.4) is 0 Å². The first kappa shape index (κ1) is 22.0. The third-order valence-corrected chi connectivity index (χ3v) is 3.16. The monoisotopic (exact) mass is 358 g/mol. The van der Waals surface area contributed by atoms with E-state index in [9.17, 15) is 18.0 Å². The van der Waals surface area contributed by atoms with E-state index in [2.05, 4.69) is 9.47 Å². The van der Waals surface area contributed by atoms with Crippen LogP contribution in [0.1, 0.15) is 20.7 Å².